The van der Waals surface area contributed by atoms with E-state index in [1.807, 2.05) is 0 Å². The average Bonchev–Trinajstić information content (AvgIpc) is 3.49. The standard InChI is InChI=1S/C46H72O17/c1-40(2)14-16-45(39(55)56)17-15-43(6)22(23(45)18-40)8-9-26-42(5)12-11-27(41(3,4)25(42)10-13-44(26,43)7)60-37-32(62-36-29(50)28(49)24(48)19-58-36)30(51)31(33(63-37)35(53)54)61-38-34(52)46(57,20-47)21-59-38/h8,23-34,36-38,47-52,57H,9-21H2,1-7H3,(H,53,54)(H,55,56)/t23-,24+,25-,26-,27+,28+,29+,30+,31+,32-,33+,34-,36+,37-,38+,42-,43-,44-,45-,46-/m0/s1. The minimum atomic E-state index is -2.12. The first kappa shape index (κ1) is 47.6. The van der Waals surface area contributed by atoms with Crippen molar-refractivity contribution in [1.29, 1.82) is 0 Å². The number of ether oxygens (including phenoxy) is 6. The minimum absolute atomic E-state index is 0.00463. The third kappa shape index (κ3) is 7.28. The second kappa shape index (κ2) is 16.2. The van der Waals surface area contributed by atoms with Crippen molar-refractivity contribution < 1.29 is 84.0 Å². The lowest BCUT2D eigenvalue weighted by atomic mass is 9.33. The summed E-state index contributed by atoms with van der Waals surface area (Å²) in [5.74, 6) is -1.81. The van der Waals surface area contributed by atoms with Crippen LogP contribution in [0.4, 0.5) is 0 Å². The fourth-order valence-corrected chi connectivity index (χ4v) is 14.6. The van der Waals surface area contributed by atoms with Gasteiger partial charge < -0.3 is 74.4 Å². The number of allylic oxidation sites excluding steroid dienone is 2. The maximum atomic E-state index is 13.1. The van der Waals surface area contributed by atoms with E-state index >= 15 is 0 Å². The number of aliphatic hydroxyl groups excluding tert-OH is 6. The molecule has 0 aromatic heterocycles. The van der Waals surface area contributed by atoms with Gasteiger partial charge in [0, 0.05) is 0 Å². The molecule has 0 amide bonds. The summed E-state index contributed by atoms with van der Waals surface area (Å²) in [7, 11) is 0. The number of hydrogen-bond acceptors (Lipinski definition) is 15. The van der Waals surface area contributed by atoms with Crippen molar-refractivity contribution in [3.05, 3.63) is 11.6 Å². The summed E-state index contributed by atoms with van der Waals surface area (Å²) in [6.07, 6.45) is -9.15. The van der Waals surface area contributed by atoms with Crippen molar-refractivity contribution in [3.63, 3.8) is 0 Å². The highest BCUT2D eigenvalue weighted by Gasteiger charge is 2.70. The van der Waals surface area contributed by atoms with Crippen molar-refractivity contribution in [2.75, 3.05) is 19.8 Å². The molecule has 8 rings (SSSR count). The van der Waals surface area contributed by atoms with Crippen LogP contribution in [0.1, 0.15) is 113 Å². The maximum absolute atomic E-state index is 13.1. The molecular formula is C46H72O17. The van der Waals surface area contributed by atoms with Crippen LogP contribution in [0.2, 0.25) is 0 Å². The van der Waals surface area contributed by atoms with Crippen LogP contribution < -0.4 is 0 Å². The SMILES string of the molecule is CC1(C)CC[C@]2(C(=O)O)CC[C@@]3(C)C(=CC[C@H]4[C@@]5(C)CC[C@@H](O[C@H]6O[C@@H](C(=O)O)[C@H](O[C@H]7OC[C@@](O)(CO)[C@H]7O)[C@@H](O)[C@@H]6O[C@H]6OC[C@@H](O)[C@@H](O)[C@H]6O)C(C)(C)[C@@H]5CC[C@@]43C)[C@@H]2C1. The van der Waals surface area contributed by atoms with E-state index in [1.54, 1.807) is 0 Å². The van der Waals surface area contributed by atoms with Gasteiger partial charge in [-0.1, -0.05) is 60.1 Å². The molecule has 8 aliphatic rings. The van der Waals surface area contributed by atoms with Crippen LogP contribution in [0, 0.1) is 50.2 Å². The Morgan fingerprint density at radius 3 is 2.10 bits per heavy atom. The Morgan fingerprint density at radius 2 is 1.44 bits per heavy atom. The summed E-state index contributed by atoms with van der Waals surface area (Å²) in [4.78, 5) is 26.0. The smallest absolute Gasteiger partial charge is 0.335 e. The number of hydrogen-bond donors (Lipinski definition) is 9. The van der Waals surface area contributed by atoms with Gasteiger partial charge in [0.1, 0.15) is 48.3 Å². The summed E-state index contributed by atoms with van der Waals surface area (Å²) in [6.45, 7) is 14.2. The Labute approximate surface area is 369 Å². The summed E-state index contributed by atoms with van der Waals surface area (Å²) in [6, 6.07) is 0. The fraction of sp³-hybridized carbons (Fsp3) is 0.913. The van der Waals surface area contributed by atoms with Gasteiger partial charge in [0.05, 0.1) is 31.3 Å². The first-order valence-corrected chi connectivity index (χ1v) is 23.1. The van der Waals surface area contributed by atoms with Crippen LogP contribution >= 0.6 is 0 Å². The summed E-state index contributed by atoms with van der Waals surface area (Å²) < 4.78 is 35.7. The highest BCUT2D eigenvalue weighted by Crippen LogP contribution is 2.76. The first-order valence-electron chi connectivity index (χ1n) is 23.1. The number of rotatable bonds is 9. The van der Waals surface area contributed by atoms with Gasteiger partial charge in [-0.25, -0.2) is 4.79 Å². The molecule has 63 heavy (non-hydrogen) atoms. The van der Waals surface area contributed by atoms with E-state index in [-0.39, 0.29) is 39.4 Å². The van der Waals surface area contributed by atoms with Crippen LogP contribution in [0.25, 0.3) is 0 Å². The molecule has 4 saturated carbocycles. The number of carboxylic acids is 2. The molecule has 3 saturated heterocycles. The Hall–Kier alpha value is -1.84. The van der Waals surface area contributed by atoms with Crippen LogP contribution in [0.15, 0.2) is 11.6 Å². The topological polar surface area (TPSA) is 272 Å². The van der Waals surface area contributed by atoms with Gasteiger partial charge >= 0.3 is 11.9 Å². The van der Waals surface area contributed by atoms with Gasteiger partial charge in [-0.05, 0) is 109 Å². The highest BCUT2D eigenvalue weighted by molar-refractivity contribution is 5.76. The van der Waals surface area contributed by atoms with Crippen molar-refractivity contribution in [3.8, 4) is 0 Å². The fourth-order valence-electron chi connectivity index (χ4n) is 14.6. The molecule has 358 valence electrons. The number of fused-ring (bicyclic) bond motifs is 7. The van der Waals surface area contributed by atoms with Gasteiger partial charge in [0.25, 0.3) is 0 Å². The Balaban J connectivity index is 1.07. The first-order chi connectivity index (χ1) is 29.3. The van der Waals surface area contributed by atoms with Crippen molar-refractivity contribution in [2.45, 2.75) is 192 Å². The van der Waals surface area contributed by atoms with Crippen molar-refractivity contribution >= 4 is 11.9 Å². The molecule has 0 radical (unpaired) electrons. The molecule has 9 N–H and O–H groups in total. The van der Waals surface area contributed by atoms with E-state index in [1.165, 1.54) is 5.57 Å². The third-order valence-electron chi connectivity index (χ3n) is 18.7. The lowest BCUT2D eigenvalue weighted by Gasteiger charge is -2.71. The zero-order chi connectivity index (χ0) is 46.0. The molecule has 20 atom stereocenters. The molecule has 17 nitrogen and oxygen atoms in total. The van der Waals surface area contributed by atoms with E-state index in [9.17, 15) is 55.5 Å². The molecule has 0 aromatic carbocycles. The number of aliphatic carboxylic acids is 2. The zero-order valence-corrected chi connectivity index (χ0v) is 37.7. The second-order valence-corrected chi connectivity index (χ2v) is 22.8. The molecule has 17 heteroatoms. The van der Waals surface area contributed by atoms with Crippen LogP contribution in [0.5, 0.6) is 0 Å². The predicted molar refractivity (Wildman–Crippen MR) is 219 cm³/mol. The maximum Gasteiger partial charge on any atom is 0.335 e. The van der Waals surface area contributed by atoms with E-state index in [4.69, 9.17) is 28.4 Å². The van der Waals surface area contributed by atoms with Gasteiger partial charge in [-0.3, -0.25) is 4.79 Å². The third-order valence-corrected chi connectivity index (χ3v) is 18.7. The lowest BCUT2D eigenvalue weighted by molar-refractivity contribution is -0.375. The molecule has 3 aliphatic heterocycles. The Morgan fingerprint density at radius 1 is 0.762 bits per heavy atom. The molecule has 7 fully saturated rings. The van der Waals surface area contributed by atoms with Gasteiger partial charge in [-0.15, -0.1) is 0 Å². The summed E-state index contributed by atoms with van der Waals surface area (Å²) in [5.41, 5.74) is -2.42. The number of carboxylic acid groups (broad SMARTS) is 2. The van der Waals surface area contributed by atoms with Gasteiger partial charge in [0.15, 0.2) is 25.0 Å². The van der Waals surface area contributed by atoms with Crippen LogP contribution in [-0.4, -0.2) is 157 Å². The molecule has 0 aromatic rings. The molecule has 0 bridgehead atoms. The van der Waals surface area contributed by atoms with E-state index in [0.29, 0.717) is 19.3 Å². The van der Waals surface area contributed by atoms with Crippen molar-refractivity contribution in [1.82, 2.24) is 0 Å². The van der Waals surface area contributed by atoms with Crippen LogP contribution in [-0.2, 0) is 38.0 Å². The largest absolute Gasteiger partial charge is 0.481 e. The van der Waals surface area contributed by atoms with Gasteiger partial charge in [0.2, 0.25) is 0 Å². The predicted octanol–water partition coefficient (Wildman–Crippen LogP) is 2.08. The monoisotopic (exact) mass is 896 g/mol. The molecule has 5 aliphatic carbocycles. The van der Waals surface area contributed by atoms with E-state index in [2.05, 4.69) is 54.5 Å². The minimum Gasteiger partial charge on any atom is -0.481 e. The van der Waals surface area contributed by atoms with Crippen molar-refractivity contribution in [2.24, 2.45) is 50.2 Å². The zero-order valence-electron chi connectivity index (χ0n) is 37.7. The highest BCUT2D eigenvalue weighted by atomic mass is 16.8. The second-order valence-electron chi connectivity index (χ2n) is 22.8. The number of carbonyl (C=O) groups is 2. The molecule has 0 spiro atoms. The summed E-state index contributed by atoms with van der Waals surface area (Å²) in [5, 5.41) is 95.7. The molecule has 0 unspecified atom stereocenters. The van der Waals surface area contributed by atoms with E-state index < -0.39 is 122 Å². The van der Waals surface area contributed by atoms with E-state index in [0.717, 1.165) is 44.9 Å². The molecule has 3 heterocycles. The lowest BCUT2D eigenvalue weighted by Crippen LogP contribution is -2.67. The normalized spacial score (nSPS) is 52.7. The Kier molecular flexibility index (Phi) is 12.2. The van der Waals surface area contributed by atoms with Gasteiger partial charge in [-0.2, -0.15) is 0 Å². The Bertz CT molecular complexity index is 1790. The molecular weight excluding hydrogens is 824 g/mol. The average molecular weight is 897 g/mol. The summed E-state index contributed by atoms with van der Waals surface area (Å²) >= 11 is 0. The number of aliphatic hydroxyl groups is 7. The van der Waals surface area contributed by atoms with Crippen LogP contribution in [0.3, 0.4) is 0 Å². The quantitative estimate of drug-likeness (QED) is 0.118.